The normalized spacial score (nSPS) is 19.7. The number of aromatic nitrogens is 1. The van der Waals surface area contributed by atoms with E-state index >= 15 is 0 Å². The van der Waals surface area contributed by atoms with Crippen LogP contribution in [0.3, 0.4) is 0 Å². The Morgan fingerprint density at radius 2 is 2.00 bits per heavy atom. The van der Waals surface area contributed by atoms with Crippen LogP contribution in [0.2, 0.25) is 0 Å². The van der Waals surface area contributed by atoms with Crippen molar-refractivity contribution in [2.45, 2.75) is 39.7 Å². The first-order chi connectivity index (χ1) is 13.9. The number of nitrogens with one attached hydrogen (secondary N) is 2. The van der Waals surface area contributed by atoms with Crippen LogP contribution in [-0.4, -0.2) is 23.8 Å². The fourth-order valence-corrected chi connectivity index (χ4v) is 3.14. The average Bonchev–Trinajstić information content (AvgIpc) is 3.22. The highest BCUT2D eigenvalue weighted by Gasteiger charge is 2.43. The number of hydrogen-bond donors (Lipinski definition) is 2. The molecule has 2 aliphatic heterocycles. The summed E-state index contributed by atoms with van der Waals surface area (Å²) in [6.07, 6.45) is 3.97. The Kier molecular flexibility index (Phi) is 4.73. The molecular formula is C20H20F2N4O3. The zero-order valence-corrected chi connectivity index (χ0v) is 16.1. The van der Waals surface area contributed by atoms with Gasteiger partial charge in [-0.15, -0.1) is 8.78 Å². The van der Waals surface area contributed by atoms with Crippen LogP contribution in [0, 0.1) is 13.8 Å². The van der Waals surface area contributed by atoms with Gasteiger partial charge in [-0.25, -0.2) is 0 Å². The number of aliphatic imine (C=N–C) groups is 1. The molecule has 3 heterocycles. The number of alkyl halides is 2. The highest BCUT2D eigenvalue weighted by atomic mass is 19.3. The third-order valence-electron chi connectivity index (χ3n) is 4.50. The molecule has 7 nitrogen and oxygen atoms in total. The zero-order valence-electron chi connectivity index (χ0n) is 16.1. The minimum Gasteiger partial charge on any atom is -0.395 e. The van der Waals surface area contributed by atoms with Crippen LogP contribution < -0.4 is 20.1 Å². The maximum atomic E-state index is 13.3. The van der Waals surface area contributed by atoms with Crippen LogP contribution in [0.4, 0.5) is 8.78 Å². The Hall–Kier alpha value is -3.36. The molecule has 0 saturated heterocycles. The summed E-state index contributed by atoms with van der Waals surface area (Å²) in [6.45, 7) is 5.74. The van der Waals surface area contributed by atoms with Crippen molar-refractivity contribution in [3.63, 3.8) is 0 Å². The van der Waals surface area contributed by atoms with Gasteiger partial charge in [-0.05, 0) is 38.0 Å². The molecule has 152 valence electrons. The Morgan fingerprint density at radius 1 is 1.24 bits per heavy atom. The van der Waals surface area contributed by atoms with E-state index in [0.29, 0.717) is 17.0 Å². The molecule has 0 bridgehead atoms. The van der Waals surface area contributed by atoms with Gasteiger partial charge in [0, 0.05) is 23.5 Å². The molecule has 2 N–H and O–H groups in total. The van der Waals surface area contributed by atoms with E-state index in [4.69, 9.17) is 4.52 Å². The van der Waals surface area contributed by atoms with Gasteiger partial charge in [0.15, 0.2) is 17.3 Å². The lowest BCUT2D eigenvalue weighted by Gasteiger charge is -2.22. The van der Waals surface area contributed by atoms with Gasteiger partial charge < -0.3 is 24.6 Å². The molecule has 2 aliphatic rings. The van der Waals surface area contributed by atoms with E-state index in [0.717, 1.165) is 23.2 Å². The third-order valence-corrected chi connectivity index (χ3v) is 4.50. The fourth-order valence-electron chi connectivity index (χ4n) is 3.14. The van der Waals surface area contributed by atoms with Gasteiger partial charge in [0.2, 0.25) is 0 Å². The summed E-state index contributed by atoms with van der Waals surface area (Å²) in [6, 6.07) is 3.02. The summed E-state index contributed by atoms with van der Waals surface area (Å²) in [5, 5.41) is 10.3. The Bertz CT molecular complexity index is 1030. The number of fused-ring (bicyclic) bond motifs is 1. The van der Waals surface area contributed by atoms with Crippen LogP contribution in [0.15, 0.2) is 40.1 Å². The van der Waals surface area contributed by atoms with Crippen molar-refractivity contribution in [1.82, 2.24) is 15.8 Å². The molecule has 1 atom stereocenters. The lowest BCUT2D eigenvalue weighted by molar-refractivity contribution is -0.286. The van der Waals surface area contributed by atoms with E-state index in [2.05, 4.69) is 30.3 Å². The minimum absolute atomic E-state index is 0.0130. The number of rotatable bonds is 5. The van der Waals surface area contributed by atoms with Gasteiger partial charge in [-0.2, -0.15) is 0 Å². The maximum Gasteiger partial charge on any atom is 0.586 e. The van der Waals surface area contributed by atoms with E-state index in [-0.39, 0.29) is 17.7 Å². The standard InChI is InChI=1S/C20H20F2N4O3/c1-4-5-14(19-12(3)8-25-29-19)26-18-10-23-15(9-24-18)13-7-17-16(6-11(13)2)27-20(21,22)28-17/h5-10,18,24,26H,4H2,1-3H3/b14-5+. The zero-order chi connectivity index (χ0) is 20.6. The van der Waals surface area contributed by atoms with Crippen LogP contribution in [0.5, 0.6) is 11.5 Å². The number of hydrogen-bond acceptors (Lipinski definition) is 7. The number of aryl methyl sites for hydroxylation is 2. The number of ether oxygens (including phenoxy) is 2. The highest BCUT2D eigenvalue weighted by molar-refractivity contribution is 5.82. The predicted octanol–water partition coefficient (Wildman–Crippen LogP) is 3.95. The average molecular weight is 402 g/mol. The van der Waals surface area contributed by atoms with E-state index in [1.54, 1.807) is 25.5 Å². The first kappa shape index (κ1) is 19.0. The molecule has 0 saturated carbocycles. The molecule has 1 aromatic carbocycles. The molecule has 2 aromatic rings. The first-order valence-electron chi connectivity index (χ1n) is 9.16. The summed E-state index contributed by atoms with van der Waals surface area (Å²) in [4.78, 5) is 4.47. The summed E-state index contributed by atoms with van der Waals surface area (Å²) in [7, 11) is 0. The van der Waals surface area contributed by atoms with Gasteiger partial charge in [0.25, 0.3) is 0 Å². The molecule has 9 heteroatoms. The van der Waals surface area contributed by atoms with Crippen molar-refractivity contribution in [2.24, 2.45) is 4.99 Å². The number of allylic oxidation sites excluding steroid dienone is 1. The largest absolute Gasteiger partial charge is 0.586 e. The van der Waals surface area contributed by atoms with Crippen LogP contribution >= 0.6 is 0 Å². The molecule has 1 unspecified atom stereocenters. The lowest BCUT2D eigenvalue weighted by Crippen LogP contribution is -2.41. The van der Waals surface area contributed by atoms with Crippen LogP contribution in [0.25, 0.3) is 11.4 Å². The molecule has 0 spiro atoms. The molecule has 0 radical (unpaired) electrons. The van der Waals surface area contributed by atoms with Gasteiger partial charge in [0.1, 0.15) is 6.17 Å². The van der Waals surface area contributed by atoms with E-state index < -0.39 is 6.29 Å². The summed E-state index contributed by atoms with van der Waals surface area (Å²) >= 11 is 0. The molecule has 4 rings (SSSR count). The molecule has 1 aromatic heterocycles. The van der Waals surface area contributed by atoms with Crippen molar-refractivity contribution in [1.29, 1.82) is 0 Å². The second-order valence-electron chi connectivity index (χ2n) is 6.74. The SMILES string of the molecule is CC/C=C(/NC1C=NC(c2cc3c(cc2C)OC(F)(F)O3)=CN1)c1oncc1C. The van der Waals surface area contributed by atoms with Crippen LogP contribution in [0.1, 0.15) is 35.8 Å². The fraction of sp³-hybridized carbons (Fsp3) is 0.300. The van der Waals surface area contributed by atoms with Crippen molar-refractivity contribution in [2.75, 3.05) is 0 Å². The molecule has 29 heavy (non-hydrogen) atoms. The summed E-state index contributed by atoms with van der Waals surface area (Å²) < 4.78 is 41.0. The molecule has 0 fully saturated rings. The lowest BCUT2D eigenvalue weighted by atomic mass is 10.0. The quantitative estimate of drug-likeness (QED) is 0.788. The topological polar surface area (TPSA) is 80.9 Å². The van der Waals surface area contributed by atoms with Gasteiger partial charge in [-0.3, -0.25) is 4.99 Å². The summed E-state index contributed by atoms with van der Waals surface area (Å²) in [5.74, 6) is 0.672. The smallest absolute Gasteiger partial charge is 0.395 e. The predicted molar refractivity (Wildman–Crippen MR) is 103 cm³/mol. The first-order valence-corrected chi connectivity index (χ1v) is 9.16. The minimum atomic E-state index is -3.65. The maximum absolute atomic E-state index is 13.3. The molecule has 0 amide bonds. The third kappa shape index (κ3) is 3.80. The van der Waals surface area contributed by atoms with Gasteiger partial charge in [-0.1, -0.05) is 18.2 Å². The molecule has 0 aliphatic carbocycles. The number of benzene rings is 1. The van der Waals surface area contributed by atoms with Crippen molar-refractivity contribution in [3.8, 4) is 11.5 Å². The number of nitrogens with zero attached hydrogens (tertiary/aromatic N) is 2. The van der Waals surface area contributed by atoms with Crippen molar-refractivity contribution < 1.29 is 22.8 Å². The monoisotopic (exact) mass is 402 g/mol. The van der Waals surface area contributed by atoms with Gasteiger partial charge in [0.05, 0.1) is 17.6 Å². The van der Waals surface area contributed by atoms with Gasteiger partial charge >= 0.3 is 6.29 Å². The Balaban J connectivity index is 1.50. The van der Waals surface area contributed by atoms with Crippen LogP contribution in [-0.2, 0) is 0 Å². The number of halogens is 2. The van der Waals surface area contributed by atoms with E-state index in [1.807, 2.05) is 19.9 Å². The van der Waals surface area contributed by atoms with E-state index in [1.165, 1.54) is 12.1 Å². The Morgan fingerprint density at radius 3 is 2.62 bits per heavy atom. The van der Waals surface area contributed by atoms with E-state index in [9.17, 15) is 8.78 Å². The summed E-state index contributed by atoms with van der Waals surface area (Å²) in [5.41, 5.74) is 3.74. The highest BCUT2D eigenvalue weighted by Crippen LogP contribution is 2.43. The second kappa shape index (κ2) is 7.23. The van der Waals surface area contributed by atoms with Crippen molar-refractivity contribution >= 4 is 17.6 Å². The van der Waals surface area contributed by atoms with Crippen molar-refractivity contribution in [3.05, 3.63) is 53.1 Å². The Labute approximate surface area is 166 Å². The second-order valence-corrected chi connectivity index (χ2v) is 6.74. The molecular weight excluding hydrogens is 382 g/mol.